The van der Waals surface area contributed by atoms with Crippen molar-refractivity contribution in [3.05, 3.63) is 34.9 Å². The average Bonchev–Trinajstić information content (AvgIpc) is 3.26. The van der Waals surface area contributed by atoms with E-state index in [0.717, 1.165) is 37.4 Å². The molecule has 1 aromatic rings. The van der Waals surface area contributed by atoms with Crippen LogP contribution in [0.1, 0.15) is 74.5 Å². The zero-order valence-corrected chi connectivity index (χ0v) is 18.3. The molecule has 1 unspecified atom stereocenters. The molecule has 4 aliphatic rings. The number of aryl methyl sites for hydroxylation is 1. The van der Waals surface area contributed by atoms with E-state index in [1.165, 1.54) is 42.1 Å². The Labute approximate surface area is 171 Å². The van der Waals surface area contributed by atoms with E-state index in [0.29, 0.717) is 5.92 Å². The van der Waals surface area contributed by atoms with Crippen LogP contribution in [0.15, 0.2) is 18.2 Å². The van der Waals surface area contributed by atoms with Crippen molar-refractivity contribution in [1.29, 1.82) is 0 Å². The minimum atomic E-state index is -0.261. The first-order chi connectivity index (χ1) is 12.6. The summed E-state index contributed by atoms with van der Waals surface area (Å²) in [4.78, 5) is 0. The second-order valence-corrected chi connectivity index (χ2v) is 10.3. The highest BCUT2D eigenvalue weighted by atomic mass is 127. The summed E-state index contributed by atoms with van der Waals surface area (Å²) in [6.45, 7) is 6.41. The molecule has 1 spiro atoms. The van der Waals surface area contributed by atoms with Gasteiger partial charge in [-0.05, 0) is 72.5 Å². The number of rotatable bonds is 2. The Morgan fingerprint density at radius 2 is 1.96 bits per heavy atom. The molecular formula is C23H31IO2. The molecule has 142 valence electrons. The third-order valence-electron chi connectivity index (χ3n) is 8.35. The first-order valence-corrected chi connectivity index (χ1v) is 12.1. The topological polar surface area (TPSA) is 18.5 Å². The number of benzene rings is 1. The summed E-state index contributed by atoms with van der Waals surface area (Å²) in [5, 5.41) is 0. The Morgan fingerprint density at radius 3 is 2.73 bits per heavy atom. The van der Waals surface area contributed by atoms with Crippen molar-refractivity contribution in [1.82, 2.24) is 0 Å². The summed E-state index contributed by atoms with van der Waals surface area (Å²) in [5.74, 6) is 2.75. The summed E-state index contributed by atoms with van der Waals surface area (Å²) in [5.41, 5.74) is 5.06. The van der Waals surface area contributed by atoms with Gasteiger partial charge in [0.1, 0.15) is 0 Å². The quantitative estimate of drug-likeness (QED) is 0.404. The van der Waals surface area contributed by atoms with E-state index in [2.05, 4.69) is 54.6 Å². The third kappa shape index (κ3) is 2.42. The van der Waals surface area contributed by atoms with Gasteiger partial charge in [0.25, 0.3) is 0 Å². The fourth-order valence-electron chi connectivity index (χ4n) is 6.88. The van der Waals surface area contributed by atoms with E-state index in [-0.39, 0.29) is 11.2 Å². The van der Waals surface area contributed by atoms with E-state index >= 15 is 0 Å². The standard InChI is InChI=1S/C23H31IO2/c1-15(14-24)16-3-5-18-17(13-16)4-6-20-19(18)7-9-22(2)21(20)8-10-23(22)25-11-12-26-23/h3,5,13,15,19-21H,4,6-12,14H2,1-2H3/t15-,19-,20-,21+,22?/m1/s1. The predicted octanol–water partition coefficient (Wildman–Crippen LogP) is 5.82. The molecule has 3 aliphatic carbocycles. The lowest BCUT2D eigenvalue weighted by Crippen LogP contribution is -2.51. The number of halogens is 1. The second-order valence-electron chi connectivity index (χ2n) is 9.37. The van der Waals surface area contributed by atoms with Crippen molar-refractivity contribution in [2.45, 2.75) is 70.0 Å². The molecule has 5 atom stereocenters. The van der Waals surface area contributed by atoms with Crippen LogP contribution in [0.25, 0.3) is 0 Å². The molecule has 1 aliphatic heterocycles. The van der Waals surface area contributed by atoms with Gasteiger partial charge in [-0.3, -0.25) is 0 Å². The summed E-state index contributed by atoms with van der Waals surface area (Å²) >= 11 is 2.51. The zero-order valence-electron chi connectivity index (χ0n) is 16.1. The number of hydrogen-bond acceptors (Lipinski definition) is 2. The molecule has 1 aromatic carbocycles. The Balaban J connectivity index is 1.45. The molecular weight excluding hydrogens is 435 g/mol. The molecule has 0 aromatic heterocycles. The van der Waals surface area contributed by atoms with Crippen LogP contribution < -0.4 is 0 Å². The van der Waals surface area contributed by atoms with Crippen molar-refractivity contribution < 1.29 is 9.47 Å². The van der Waals surface area contributed by atoms with E-state index < -0.39 is 0 Å². The predicted molar refractivity (Wildman–Crippen MR) is 113 cm³/mol. The molecule has 3 fully saturated rings. The van der Waals surface area contributed by atoms with E-state index in [1.807, 2.05) is 0 Å². The van der Waals surface area contributed by atoms with Gasteiger partial charge in [-0.25, -0.2) is 0 Å². The largest absolute Gasteiger partial charge is 0.347 e. The lowest BCUT2D eigenvalue weighted by molar-refractivity contribution is -0.237. The molecule has 0 radical (unpaired) electrons. The Morgan fingerprint density at radius 1 is 1.15 bits per heavy atom. The van der Waals surface area contributed by atoms with E-state index in [9.17, 15) is 0 Å². The maximum atomic E-state index is 6.25. The van der Waals surface area contributed by atoms with Gasteiger partial charge >= 0.3 is 0 Å². The third-order valence-corrected chi connectivity index (χ3v) is 9.67. The van der Waals surface area contributed by atoms with Crippen molar-refractivity contribution in [2.75, 3.05) is 17.6 Å². The van der Waals surface area contributed by atoms with Crippen LogP contribution >= 0.6 is 22.6 Å². The molecule has 5 rings (SSSR count). The molecule has 1 heterocycles. The van der Waals surface area contributed by atoms with Gasteiger partial charge < -0.3 is 9.47 Å². The van der Waals surface area contributed by atoms with Crippen molar-refractivity contribution in [3.8, 4) is 0 Å². The summed E-state index contributed by atoms with van der Waals surface area (Å²) in [6.07, 6.45) is 7.58. The second kappa shape index (κ2) is 6.45. The van der Waals surface area contributed by atoms with Crippen LogP contribution in [-0.4, -0.2) is 23.4 Å². The van der Waals surface area contributed by atoms with E-state index in [4.69, 9.17) is 9.47 Å². The van der Waals surface area contributed by atoms with Crippen LogP contribution in [-0.2, 0) is 15.9 Å². The number of alkyl halides is 1. The summed E-state index contributed by atoms with van der Waals surface area (Å²) < 4.78 is 13.7. The Kier molecular flexibility index (Phi) is 4.45. The highest BCUT2D eigenvalue weighted by molar-refractivity contribution is 14.1. The van der Waals surface area contributed by atoms with Gasteiger partial charge in [0.15, 0.2) is 5.79 Å². The van der Waals surface area contributed by atoms with Crippen molar-refractivity contribution in [2.24, 2.45) is 17.3 Å². The maximum Gasteiger partial charge on any atom is 0.174 e. The van der Waals surface area contributed by atoms with Gasteiger partial charge in [-0.2, -0.15) is 0 Å². The van der Waals surface area contributed by atoms with Gasteiger partial charge in [-0.1, -0.05) is 54.6 Å². The van der Waals surface area contributed by atoms with Crippen molar-refractivity contribution >= 4 is 22.6 Å². The van der Waals surface area contributed by atoms with Crippen molar-refractivity contribution in [3.63, 3.8) is 0 Å². The van der Waals surface area contributed by atoms with Gasteiger partial charge in [0, 0.05) is 16.3 Å². The van der Waals surface area contributed by atoms with Crippen LogP contribution in [0.3, 0.4) is 0 Å². The number of fused-ring (bicyclic) bond motifs is 6. The number of hydrogen-bond donors (Lipinski definition) is 0. The highest BCUT2D eigenvalue weighted by Crippen LogP contribution is 2.66. The van der Waals surface area contributed by atoms with E-state index in [1.54, 1.807) is 11.1 Å². The van der Waals surface area contributed by atoms with Crippen LogP contribution in [0.5, 0.6) is 0 Å². The fourth-order valence-corrected chi connectivity index (χ4v) is 7.39. The molecule has 0 bridgehead atoms. The Bertz CT molecular complexity index is 695. The first kappa shape index (κ1) is 17.9. The average molecular weight is 466 g/mol. The number of ether oxygens (including phenoxy) is 2. The first-order valence-electron chi connectivity index (χ1n) is 10.5. The minimum absolute atomic E-state index is 0.220. The SMILES string of the molecule is C[C@H](CI)c1ccc2c(c1)CC[C@@H]1[C@@H]2CCC2(C)[C@H]1CCC21OCCO1. The lowest BCUT2D eigenvalue weighted by Gasteiger charge is -2.52. The molecule has 0 N–H and O–H groups in total. The molecule has 3 heteroatoms. The molecule has 2 saturated carbocycles. The molecule has 26 heavy (non-hydrogen) atoms. The van der Waals surface area contributed by atoms with Gasteiger partial charge in [0.2, 0.25) is 0 Å². The fraction of sp³-hybridized carbons (Fsp3) is 0.739. The molecule has 1 saturated heterocycles. The van der Waals surface area contributed by atoms with Crippen LogP contribution in [0.4, 0.5) is 0 Å². The maximum absolute atomic E-state index is 6.25. The lowest BCUT2D eigenvalue weighted by atomic mass is 9.54. The van der Waals surface area contributed by atoms with Crippen LogP contribution in [0, 0.1) is 17.3 Å². The normalized spacial score (nSPS) is 38.7. The Hall–Kier alpha value is -0.130. The van der Waals surface area contributed by atoms with Crippen LogP contribution in [0.2, 0.25) is 0 Å². The van der Waals surface area contributed by atoms with Gasteiger partial charge in [0.05, 0.1) is 13.2 Å². The monoisotopic (exact) mass is 466 g/mol. The summed E-state index contributed by atoms with van der Waals surface area (Å²) in [7, 11) is 0. The summed E-state index contributed by atoms with van der Waals surface area (Å²) in [6, 6.07) is 7.43. The molecule has 0 amide bonds. The molecule has 2 nitrogen and oxygen atoms in total. The minimum Gasteiger partial charge on any atom is -0.347 e. The zero-order chi connectivity index (χ0) is 17.9. The highest BCUT2D eigenvalue weighted by Gasteiger charge is 2.64. The smallest absolute Gasteiger partial charge is 0.174 e. The van der Waals surface area contributed by atoms with Gasteiger partial charge in [-0.15, -0.1) is 0 Å².